The van der Waals surface area contributed by atoms with Crippen molar-refractivity contribution >= 4 is 11.8 Å². The molecule has 2 unspecified atom stereocenters. The summed E-state index contributed by atoms with van der Waals surface area (Å²) in [5.41, 5.74) is 0.235. The summed E-state index contributed by atoms with van der Waals surface area (Å²) in [6, 6.07) is 0.579. The Morgan fingerprint density at radius 2 is 2.13 bits per heavy atom. The van der Waals surface area contributed by atoms with Crippen molar-refractivity contribution in [2.24, 2.45) is 5.92 Å². The molecule has 2 atom stereocenters. The predicted octanol–water partition coefficient (Wildman–Crippen LogP) is 2.11. The van der Waals surface area contributed by atoms with Gasteiger partial charge in [0, 0.05) is 18.1 Å². The number of thioether (sulfide) groups is 1. The van der Waals surface area contributed by atoms with Gasteiger partial charge in [0.05, 0.1) is 0 Å². The Morgan fingerprint density at radius 1 is 1.40 bits per heavy atom. The van der Waals surface area contributed by atoms with Gasteiger partial charge in [-0.3, -0.25) is 0 Å². The second-order valence-electron chi connectivity index (χ2n) is 5.67. The summed E-state index contributed by atoms with van der Waals surface area (Å²) in [6.45, 7) is 11.2. The Kier molecular flexibility index (Phi) is 5.44. The standard InChI is InChI=1S/C12H26N2S/c1-10(7-14-12(2,3)4)13-8-11-5-6-15-9-11/h10-11,13-14H,5-9H2,1-4H3. The zero-order valence-electron chi connectivity index (χ0n) is 10.6. The summed E-state index contributed by atoms with van der Waals surface area (Å²) in [6.07, 6.45) is 1.40. The summed E-state index contributed by atoms with van der Waals surface area (Å²) in [5, 5.41) is 7.15. The van der Waals surface area contributed by atoms with Crippen LogP contribution in [0.4, 0.5) is 0 Å². The van der Waals surface area contributed by atoms with Gasteiger partial charge >= 0.3 is 0 Å². The first-order chi connectivity index (χ1) is 6.97. The highest BCUT2D eigenvalue weighted by molar-refractivity contribution is 7.99. The van der Waals surface area contributed by atoms with Crippen molar-refractivity contribution in [2.75, 3.05) is 24.6 Å². The van der Waals surface area contributed by atoms with Crippen molar-refractivity contribution in [2.45, 2.75) is 45.7 Å². The van der Waals surface area contributed by atoms with E-state index < -0.39 is 0 Å². The molecule has 3 heteroatoms. The molecule has 1 aliphatic rings. The second-order valence-corrected chi connectivity index (χ2v) is 6.82. The first kappa shape index (κ1) is 13.3. The largest absolute Gasteiger partial charge is 0.313 e. The zero-order chi connectivity index (χ0) is 11.3. The fourth-order valence-corrected chi connectivity index (χ4v) is 2.93. The first-order valence-corrected chi connectivity index (χ1v) is 7.19. The Bertz CT molecular complexity index is 171. The number of nitrogens with one attached hydrogen (secondary N) is 2. The van der Waals surface area contributed by atoms with Crippen LogP contribution in [-0.2, 0) is 0 Å². The average molecular weight is 230 g/mol. The van der Waals surface area contributed by atoms with Crippen LogP contribution in [0.15, 0.2) is 0 Å². The van der Waals surface area contributed by atoms with Gasteiger partial charge < -0.3 is 10.6 Å². The van der Waals surface area contributed by atoms with E-state index in [-0.39, 0.29) is 5.54 Å². The van der Waals surface area contributed by atoms with Crippen LogP contribution in [-0.4, -0.2) is 36.2 Å². The van der Waals surface area contributed by atoms with Crippen molar-refractivity contribution in [3.63, 3.8) is 0 Å². The fraction of sp³-hybridized carbons (Fsp3) is 1.00. The first-order valence-electron chi connectivity index (χ1n) is 6.03. The third-order valence-electron chi connectivity index (χ3n) is 2.72. The summed E-state index contributed by atoms with van der Waals surface area (Å²) < 4.78 is 0. The maximum absolute atomic E-state index is 3.62. The highest BCUT2D eigenvalue weighted by Gasteiger charge is 2.16. The van der Waals surface area contributed by atoms with Gasteiger partial charge in [0.15, 0.2) is 0 Å². The molecule has 0 spiro atoms. The highest BCUT2D eigenvalue weighted by Crippen LogP contribution is 2.22. The van der Waals surface area contributed by atoms with Crippen molar-refractivity contribution in [1.29, 1.82) is 0 Å². The van der Waals surface area contributed by atoms with Gasteiger partial charge in [0.1, 0.15) is 0 Å². The fourth-order valence-electron chi connectivity index (χ4n) is 1.64. The van der Waals surface area contributed by atoms with E-state index in [4.69, 9.17) is 0 Å². The van der Waals surface area contributed by atoms with Gasteiger partial charge in [-0.15, -0.1) is 0 Å². The summed E-state index contributed by atoms with van der Waals surface area (Å²) in [4.78, 5) is 0. The van der Waals surface area contributed by atoms with Gasteiger partial charge in [-0.25, -0.2) is 0 Å². The van der Waals surface area contributed by atoms with Crippen LogP contribution in [0, 0.1) is 5.92 Å². The van der Waals surface area contributed by atoms with E-state index in [2.05, 4.69) is 50.1 Å². The summed E-state index contributed by atoms with van der Waals surface area (Å²) in [7, 11) is 0. The van der Waals surface area contributed by atoms with Gasteiger partial charge in [-0.2, -0.15) is 11.8 Å². The van der Waals surface area contributed by atoms with Gasteiger partial charge in [0.25, 0.3) is 0 Å². The third kappa shape index (κ3) is 6.44. The van der Waals surface area contributed by atoms with E-state index in [1.54, 1.807) is 0 Å². The van der Waals surface area contributed by atoms with Gasteiger partial charge in [-0.05, 0) is 58.1 Å². The maximum Gasteiger partial charge on any atom is 0.0164 e. The van der Waals surface area contributed by atoms with Crippen LogP contribution in [0.25, 0.3) is 0 Å². The molecule has 0 saturated carbocycles. The molecule has 1 fully saturated rings. The van der Waals surface area contributed by atoms with Crippen LogP contribution < -0.4 is 10.6 Å². The minimum absolute atomic E-state index is 0.235. The summed E-state index contributed by atoms with van der Waals surface area (Å²) >= 11 is 2.10. The van der Waals surface area contributed by atoms with Crippen LogP contribution >= 0.6 is 11.8 Å². The number of hydrogen-bond donors (Lipinski definition) is 2. The van der Waals surface area contributed by atoms with E-state index in [0.717, 1.165) is 12.5 Å². The molecular weight excluding hydrogens is 204 g/mol. The third-order valence-corrected chi connectivity index (χ3v) is 3.95. The molecule has 1 aliphatic heterocycles. The van der Waals surface area contributed by atoms with E-state index in [1.807, 2.05) is 0 Å². The molecule has 90 valence electrons. The van der Waals surface area contributed by atoms with E-state index >= 15 is 0 Å². The molecule has 0 aromatic heterocycles. The minimum atomic E-state index is 0.235. The zero-order valence-corrected chi connectivity index (χ0v) is 11.4. The van der Waals surface area contributed by atoms with Crippen molar-refractivity contribution in [3.8, 4) is 0 Å². The van der Waals surface area contributed by atoms with Gasteiger partial charge in [-0.1, -0.05) is 0 Å². The molecule has 0 aromatic rings. The van der Waals surface area contributed by atoms with Crippen molar-refractivity contribution in [1.82, 2.24) is 10.6 Å². The molecule has 15 heavy (non-hydrogen) atoms. The monoisotopic (exact) mass is 230 g/mol. The Balaban J connectivity index is 2.05. The second kappa shape index (κ2) is 6.12. The smallest absolute Gasteiger partial charge is 0.0164 e. The maximum atomic E-state index is 3.62. The molecule has 0 aromatic carbocycles. The molecule has 0 radical (unpaired) electrons. The quantitative estimate of drug-likeness (QED) is 0.756. The molecule has 1 rings (SSSR count). The molecule has 1 saturated heterocycles. The predicted molar refractivity (Wildman–Crippen MR) is 70.7 cm³/mol. The normalized spacial score (nSPS) is 24.4. The molecule has 2 nitrogen and oxygen atoms in total. The van der Waals surface area contributed by atoms with Crippen LogP contribution in [0.1, 0.15) is 34.1 Å². The molecule has 2 N–H and O–H groups in total. The SMILES string of the molecule is CC(CNC(C)(C)C)NCC1CCSC1. The lowest BCUT2D eigenvalue weighted by Crippen LogP contribution is -2.45. The lowest BCUT2D eigenvalue weighted by molar-refractivity contribution is 0.376. The van der Waals surface area contributed by atoms with Crippen LogP contribution in [0.3, 0.4) is 0 Å². The molecule has 0 bridgehead atoms. The average Bonchev–Trinajstić information content (AvgIpc) is 2.62. The molecule has 0 amide bonds. The Morgan fingerprint density at radius 3 is 2.67 bits per heavy atom. The van der Waals surface area contributed by atoms with Crippen LogP contribution in [0.5, 0.6) is 0 Å². The number of hydrogen-bond acceptors (Lipinski definition) is 3. The van der Waals surface area contributed by atoms with Crippen molar-refractivity contribution < 1.29 is 0 Å². The highest BCUT2D eigenvalue weighted by atomic mass is 32.2. The lowest BCUT2D eigenvalue weighted by Gasteiger charge is -2.24. The van der Waals surface area contributed by atoms with E-state index in [1.165, 1.54) is 24.5 Å². The number of rotatable bonds is 5. The van der Waals surface area contributed by atoms with Gasteiger partial charge in [0.2, 0.25) is 0 Å². The molecule has 1 heterocycles. The Hall–Kier alpha value is 0.270. The molecular formula is C12H26N2S. The topological polar surface area (TPSA) is 24.1 Å². The lowest BCUT2D eigenvalue weighted by atomic mass is 10.1. The molecule has 0 aliphatic carbocycles. The van der Waals surface area contributed by atoms with Crippen molar-refractivity contribution in [3.05, 3.63) is 0 Å². The van der Waals surface area contributed by atoms with E-state index in [0.29, 0.717) is 6.04 Å². The minimum Gasteiger partial charge on any atom is -0.313 e. The van der Waals surface area contributed by atoms with E-state index in [9.17, 15) is 0 Å². The van der Waals surface area contributed by atoms with Crippen LogP contribution in [0.2, 0.25) is 0 Å². The summed E-state index contributed by atoms with van der Waals surface area (Å²) in [5.74, 6) is 3.63. The Labute approximate surface area is 99.0 Å².